The van der Waals surface area contributed by atoms with Gasteiger partial charge in [-0.1, -0.05) is 226 Å². The fourth-order valence-electron chi connectivity index (χ4n) is 8.08. The molecule has 0 heterocycles. The maximum atomic E-state index is 12.0. The summed E-state index contributed by atoms with van der Waals surface area (Å²) in [4.78, 5) is 52.2. The number of aliphatic imine (C=N–C) groups is 4. The monoisotopic (exact) mass is 1950 g/mol. The number of carbonyl (C=O) groups is 2. The Morgan fingerprint density at radius 3 is 0.598 bits per heavy atom. The number of aliphatic hydroxyl groups is 2. The van der Waals surface area contributed by atoms with Crippen molar-refractivity contribution < 1.29 is 205 Å². The molecule has 28 nitrogen and oxygen atoms in total. The van der Waals surface area contributed by atoms with Crippen LogP contribution in [-0.4, -0.2) is 99.5 Å². The minimum Gasteiger partial charge on any atom is -0.871 e. The molecule has 0 saturated carbocycles. The second kappa shape index (κ2) is 57.5. The predicted molar refractivity (Wildman–Crippen MR) is 407 cm³/mol. The standard InChI is InChI=1S/4C18H21NO3.2C3H6O.2CH4O.2Dy.2NO3.2Zn/c4*1-18(2,3)13-8-9-15(20)14(10-13)19-11-12-6-5-7-16(22-4)17(12)21;2*1-3(2)4;2*1-2;;;2*2-1(3)4;;/h4*5-11,20-21H,1-4H3;2*1-2H3;2*2H,1H3;;;;;;/q;;;;;;;;2*+3;2*-1;2*+2/p-8. The largest absolute Gasteiger partial charge is 3.00 e. The van der Waals surface area contributed by atoms with Crippen LogP contribution in [0.5, 0.6) is 69.0 Å². The summed E-state index contributed by atoms with van der Waals surface area (Å²) < 4.78 is 20.0. The number of aliphatic hydroxyl groups excluding tert-OH is 2. The molecule has 112 heavy (non-hydrogen) atoms. The van der Waals surface area contributed by atoms with Crippen molar-refractivity contribution in [2.24, 2.45) is 20.0 Å². The van der Waals surface area contributed by atoms with Crippen LogP contribution < -0.4 is 59.8 Å². The van der Waals surface area contributed by atoms with Crippen molar-refractivity contribution in [3.8, 4) is 69.0 Å². The van der Waals surface area contributed by atoms with Crippen molar-refractivity contribution in [2.75, 3.05) is 42.7 Å². The quantitative estimate of drug-likeness (QED) is 0.0496. The number of hydrogen-bond donors (Lipinski definition) is 2. The summed E-state index contributed by atoms with van der Waals surface area (Å²) in [7, 11) is 7.78. The maximum Gasteiger partial charge on any atom is 3.00 e. The Balaban J connectivity index is -0.000000305. The van der Waals surface area contributed by atoms with Gasteiger partial charge in [-0.25, -0.2) is 0 Å². The molecule has 8 aromatic rings. The molecule has 32 heteroatoms. The number of ether oxygens (including phenoxy) is 4. The van der Waals surface area contributed by atoms with Gasteiger partial charge in [-0.2, -0.15) is 0 Å². The average Bonchev–Trinajstić information content (AvgIpc) is 0.853. The molecule has 0 aliphatic rings. The van der Waals surface area contributed by atoms with Gasteiger partial charge in [0.15, 0.2) is 0 Å². The zero-order valence-electron chi connectivity index (χ0n) is 67.0. The molecule has 0 aliphatic carbocycles. The Hall–Kier alpha value is -8.51. The first kappa shape index (κ1) is 114. The van der Waals surface area contributed by atoms with Crippen molar-refractivity contribution in [2.45, 2.75) is 132 Å². The number of Topliss-reactive ketones (excluding diaryl/α,β-unsaturated/α-hetero) is 2. The third kappa shape index (κ3) is 44.7. The maximum absolute atomic E-state index is 12.0. The minimum absolute atomic E-state index is 0. The molecule has 8 aromatic carbocycles. The second-order valence-electron chi connectivity index (χ2n) is 26.5. The summed E-state index contributed by atoms with van der Waals surface area (Å²) in [6.07, 6.45) is 5.64. The topological polar surface area (TPSA) is 478 Å². The summed E-state index contributed by atoms with van der Waals surface area (Å²) in [6, 6.07) is 40.2. The Morgan fingerprint density at radius 1 is 0.330 bits per heavy atom. The van der Waals surface area contributed by atoms with Crippen LogP contribution in [0.15, 0.2) is 166 Å². The zero-order chi connectivity index (χ0) is 83.6. The van der Waals surface area contributed by atoms with Crippen molar-refractivity contribution in [1.29, 1.82) is 0 Å². The number of nitrogens with zero attached hydrogens (tertiary/aromatic N) is 6. The fourth-order valence-corrected chi connectivity index (χ4v) is 8.08. The number of ketones is 2. The first-order chi connectivity index (χ1) is 50.2. The summed E-state index contributed by atoms with van der Waals surface area (Å²) in [5.41, 5.74) is 6.66. The van der Waals surface area contributed by atoms with Crippen LogP contribution in [0.4, 0.5) is 22.7 Å². The minimum atomic E-state index is -1.75. The van der Waals surface area contributed by atoms with E-state index in [2.05, 4.69) is 103 Å². The van der Waals surface area contributed by atoms with Crippen LogP contribution >= 0.6 is 0 Å². The van der Waals surface area contributed by atoms with Crippen molar-refractivity contribution in [3.63, 3.8) is 0 Å². The van der Waals surface area contributed by atoms with Crippen LogP contribution in [-0.2, 0) is 70.2 Å². The van der Waals surface area contributed by atoms with Gasteiger partial charge in [-0.3, -0.25) is 20.0 Å². The smallest absolute Gasteiger partial charge is 0.871 e. The van der Waals surface area contributed by atoms with Gasteiger partial charge in [-0.15, -0.1) is 0 Å². The number of benzene rings is 8. The van der Waals surface area contributed by atoms with E-state index in [1.807, 2.05) is 24.3 Å². The van der Waals surface area contributed by atoms with Gasteiger partial charge < -0.3 is 110 Å². The molecule has 0 unspecified atom stereocenters. The number of para-hydroxylation sites is 4. The third-order valence-corrected chi connectivity index (χ3v) is 13.6. The van der Waals surface area contributed by atoms with E-state index in [1.165, 1.54) is 105 Å². The van der Waals surface area contributed by atoms with Gasteiger partial charge in [0.1, 0.15) is 34.6 Å². The average molecular weight is 1950 g/mol. The van der Waals surface area contributed by atoms with E-state index >= 15 is 0 Å². The van der Waals surface area contributed by atoms with E-state index < -0.39 is 10.2 Å². The van der Waals surface area contributed by atoms with Gasteiger partial charge in [0.05, 0.1) is 61.4 Å². The Labute approximate surface area is 741 Å². The number of carbonyl (C=O) groups excluding carboxylic acids is 2. The molecule has 2 radical (unpaired) electrons. The zero-order valence-corrected chi connectivity index (χ0v) is 76.9. The number of rotatable bonds is 12. The molecule has 0 saturated heterocycles. The molecular weight excluding hydrogens is 1850 g/mol. The van der Waals surface area contributed by atoms with Gasteiger partial charge in [0.25, 0.3) is 0 Å². The summed E-state index contributed by atoms with van der Waals surface area (Å²) in [6.45, 7) is 30.9. The van der Waals surface area contributed by atoms with E-state index in [9.17, 15) is 50.4 Å². The van der Waals surface area contributed by atoms with Crippen LogP contribution in [0.25, 0.3) is 0 Å². The summed E-state index contributed by atoms with van der Waals surface area (Å²) in [5, 5.41) is 139. The number of methoxy groups -OCH3 is 4. The molecule has 0 aliphatic heterocycles. The number of hydrogen-bond acceptors (Lipinski definition) is 26. The predicted octanol–water partition coefficient (Wildman–Crippen LogP) is 11.5. The SMILES string of the molecule is CC(C)=O.CC(C)=O.CO.CO.COc1cccc(C=Nc2cc(C(C)(C)C)ccc2[O-])c1[O-].COc1cccc(C=Nc2cc(C(C)(C)C)ccc2[O-])c1[O-].COc1cccc(C=Nc2cc(C(C)(C)C)ccc2[O-])c1[O-].COc1cccc(C=Nc2cc(C(C)(C)C)ccc2[O-])c1[O-].O=[N+]([O-])[O-].O=[N+]([O-])[O-].[Dy+3].[Dy+3].[Zn+2].[Zn+2]. The molecular formula is C80H96Dy2N6O22Zn2. The Bertz CT molecular complexity index is 3730. The fraction of sp³-hybridized carbons (Fsp3) is 0.325. The van der Waals surface area contributed by atoms with E-state index in [0.29, 0.717) is 45.0 Å². The van der Waals surface area contributed by atoms with E-state index in [0.717, 1.165) is 36.5 Å². The van der Waals surface area contributed by atoms with Gasteiger partial charge in [-0.05, 0) is 142 Å². The molecule has 8 rings (SSSR count). The second-order valence-corrected chi connectivity index (χ2v) is 26.5. The molecule has 0 aromatic heterocycles. The molecule has 0 fully saturated rings. The first-order valence-electron chi connectivity index (χ1n) is 32.5. The van der Waals surface area contributed by atoms with Crippen molar-refractivity contribution in [3.05, 3.63) is 221 Å². The van der Waals surface area contributed by atoms with E-state index in [1.54, 1.807) is 97.1 Å². The summed E-state index contributed by atoms with van der Waals surface area (Å²) >= 11 is 0. The Kier molecular flexibility index (Phi) is 58.7. The van der Waals surface area contributed by atoms with Crippen LogP contribution in [0.2, 0.25) is 0 Å². The Morgan fingerprint density at radius 2 is 0.473 bits per heavy atom. The van der Waals surface area contributed by atoms with Crippen LogP contribution in [0, 0.1) is 107 Å². The van der Waals surface area contributed by atoms with Crippen molar-refractivity contribution in [1.82, 2.24) is 0 Å². The van der Waals surface area contributed by atoms with E-state index in [-0.39, 0.29) is 218 Å². The molecule has 0 amide bonds. The molecule has 2 N–H and O–H groups in total. The van der Waals surface area contributed by atoms with Crippen LogP contribution in [0.3, 0.4) is 0 Å². The van der Waals surface area contributed by atoms with Gasteiger partial charge >= 0.3 is 115 Å². The molecule has 602 valence electrons. The first-order valence-corrected chi connectivity index (χ1v) is 32.5. The molecule has 0 spiro atoms. The summed E-state index contributed by atoms with van der Waals surface area (Å²) in [5.74, 6) is -0.268. The molecule has 0 atom stereocenters. The van der Waals surface area contributed by atoms with Crippen LogP contribution in [0.1, 0.15) is 155 Å². The van der Waals surface area contributed by atoms with Crippen molar-refractivity contribution >= 4 is 59.2 Å². The third-order valence-electron chi connectivity index (χ3n) is 13.6. The van der Waals surface area contributed by atoms with Gasteiger partial charge in [0.2, 0.25) is 0 Å². The van der Waals surface area contributed by atoms with E-state index in [4.69, 9.17) is 59.8 Å². The normalized spacial score (nSPS) is 10.3. The van der Waals surface area contributed by atoms with Gasteiger partial charge in [0, 0.05) is 39.1 Å². The molecule has 0 bridgehead atoms.